The van der Waals surface area contributed by atoms with Gasteiger partial charge in [0.15, 0.2) is 0 Å². The summed E-state index contributed by atoms with van der Waals surface area (Å²) >= 11 is 0. The zero-order valence-electron chi connectivity index (χ0n) is 12.6. The van der Waals surface area contributed by atoms with E-state index in [-0.39, 0.29) is 5.97 Å². The molecule has 0 heterocycles. The van der Waals surface area contributed by atoms with E-state index in [0.29, 0.717) is 11.3 Å². The molecule has 0 spiro atoms. The van der Waals surface area contributed by atoms with E-state index in [9.17, 15) is 4.79 Å². The first-order valence-corrected chi connectivity index (χ1v) is 7.30. The summed E-state index contributed by atoms with van der Waals surface area (Å²) in [7, 11) is 1.39. The zero-order chi connectivity index (χ0) is 14.7. The molecule has 1 fully saturated rings. The van der Waals surface area contributed by atoms with Crippen LogP contribution in [0.1, 0.15) is 42.1 Å². The molecule has 0 saturated heterocycles. The number of carbonyl (C=O) groups excluding carboxylic acids is 1. The first kappa shape index (κ1) is 14.7. The normalized spacial score (nSPS) is 14.2. The number of hydrogen-bond donors (Lipinski definition) is 1. The number of aryl methyl sites for hydroxylation is 1. The summed E-state index contributed by atoms with van der Waals surface area (Å²) in [5, 5.41) is 0. The molecule has 0 radical (unpaired) electrons. The summed E-state index contributed by atoms with van der Waals surface area (Å²) in [6.45, 7) is 6.18. The minimum atomic E-state index is -0.365. The van der Waals surface area contributed by atoms with Crippen molar-refractivity contribution in [2.75, 3.05) is 30.8 Å². The monoisotopic (exact) mass is 276 g/mol. The first-order chi connectivity index (χ1) is 9.56. The third-order valence-corrected chi connectivity index (χ3v) is 3.81. The summed E-state index contributed by atoms with van der Waals surface area (Å²) < 4.78 is 4.82. The van der Waals surface area contributed by atoms with Crippen molar-refractivity contribution in [3.8, 4) is 0 Å². The van der Waals surface area contributed by atoms with Crippen LogP contribution in [0.3, 0.4) is 0 Å². The zero-order valence-corrected chi connectivity index (χ0v) is 12.6. The molecule has 1 aromatic rings. The van der Waals surface area contributed by atoms with Crippen LogP contribution in [0.2, 0.25) is 0 Å². The molecule has 0 aliphatic heterocycles. The van der Waals surface area contributed by atoms with Crippen LogP contribution in [0.4, 0.5) is 11.4 Å². The van der Waals surface area contributed by atoms with Gasteiger partial charge in [-0.05, 0) is 49.8 Å². The van der Waals surface area contributed by atoms with Crippen LogP contribution in [0.15, 0.2) is 12.1 Å². The Morgan fingerprint density at radius 2 is 2.15 bits per heavy atom. The molecular weight excluding hydrogens is 252 g/mol. The Balaban J connectivity index is 2.32. The fourth-order valence-electron chi connectivity index (χ4n) is 2.45. The van der Waals surface area contributed by atoms with Crippen LogP contribution >= 0.6 is 0 Å². The largest absolute Gasteiger partial charge is 0.465 e. The van der Waals surface area contributed by atoms with Gasteiger partial charge >= 0.3 is 5.97 Å². The quantitative estimate of drug-likeness (QED) is 0.641. The number of anilines is 2. The summed E-state index contributed by atoms with van der Waals surface area (Å²) in [6.07, 6.45) is 3.72. The third-order valence-electron chi connectivity index (χ3n) is 3.81. The van der Waals surface area contributed by atoms with Gasteiger partial charge in [0.25, 0.3) is 0 Å². The fraction of sp³-hybridized carbons (Fsp3) is 0.562. The van der Waals surface area contributed by atoms with Crippen LogP contribution < -0.4 is 10.6 Å². The maximum Gasteiger partial charge on any atom is 0.340 e. The van der Waals surface area contributed by atoms with E-state index >= 15 is 0 Å². The van der Waals surface area contributed by atoms with Gasteiger partial charge in [0.1, 0.15) is 0 Å². The van der Waals surface area contributed by atoms with E-state index in [2.05, 4.69) is 17.9 Å². The lowest BCUT2D eigenvalue weighted by Gasteiger charge is -2.26. The molecule has 0 amide bonds. The Kier molecular flexibility index (Phi) is 4.53. The molecule has 0 aromatic heterocycles. The summed E-state index contributed by atoms with van der Waals surface area (Å²) in [5.74, 6) is 0.441. The van der Waals surface area contributed by atoms with E-state index in [1.165, 1.54) is 20.0 Å². The first-order valence-electron chi connectivity index (χ1n) is 7.30. The van der Waals surface area contributed by atoms with Crippen LogP contribution in [0.25, 0.3) is 0 Å². The van der Waals surface area contributed by atoms with Crippen molar-refractivity contribution in [3.63, 3.8) is 0 Å². The highest BCUT2D eigenvalue weighted by atomic mass is 16.5. The Morgan fingerprint density at radius 1 is 1.45 bits per heavy atom. The number of rotatable bonds is 6. The maximum absolute atomic E-state index is 11.8. The van der Waals surface area contributed by atoms with E-state index in [0.717, 1.165) is 36.7 Å². The van der Waals surface area contributed by atoms with E-state index in [1.54, 1.807) is 0 Å². The molecule has 2 rings (SSSR count). The Hall–Kier alpha value is -1.71. The molecule has 1 saturated carbocycles. The molecule has 4 nitrogen and oxygen atoms in total. The van der Waals surface area contributed by atoms with E-state index < -0.39 is 0 Å². The molecule has 110 valence electrons. The highest BCUT2D eigenvalue weighted by Crippen LogP contribution is 2.33. The van der Waals surface area contributed by atoms with Gasteiger partial charge < -0.3 is 15.4 Å². The average Bonchev–Trinajstić information content (AvgIpc) is 3.24. The lowest BCUT2D eigenvalue weighted by Crippen LogP contribution is -2.27. The minimum Gasteiger partial charge on any atom is -0.465 e. The lowest BCUT2D eigenvalue weighted by molar-refractivity contribution is 0.0602. The topological polar surface area (TPSA) is 55.6 Å². The van der Waals surface area contributed by atoms with Crippen molar-refractivity contribution in [2.24, 2.45) is 5.92 Å². The van der Waals surface area contributed by atoms with Crippen LogP contribution in [0.5, 0.6) is 0 Å². The molecule has 20 heavy (non-hydrogen) atoms. The van der Waals surface area contributed by atoms with Gasteiger partial charge in [-0.1, -0.05) is 6.92 Å². The van der Waals surface area contributed by atoms with Crippen molar-refractivity contribution in [1.82, 2.24) is 0 Å². The summed E-state index contributed by atoms with van der Waals surface area (Å²) in [5.41, 5.74) is 8.99. The van der Waals surface area contributed by atoms with Gasteiger partial charge in [0, 0.05) is 24.5 Å². The van der Waals surface area contributed by atoms with Crippen molar-refractivity contribution < 1.29 is 9.53 Å². The maximum atomic E-state index is 11.8. The van der Waals surface area contributed by atoms with Crippen molar-refractivity contribution in [2.45, 2.75) is 33.1 Å². The molecule has 0 atom stereocenters. The van der Waals surface area contributed by atoms with Gasteiger partial charge in [0.2, 0.25) is 0 Å². The van der Waals surface area contributed by atoms with Crippen molar-refractivity contribution in [1.29, 1.82) is 0 Å². The molecule has 0 unspecified atom stereocenters. The molecule has 4 heteroatoms. The molecule has 1 aromatic carbocycles. The Labute approximate surface area is 120 Å². The Morgan fingerprint density at radius 3 is 2.70 bits per heavy atom. The van der Waals surface area contributed by atoms with Crippen molar-refractivity contribution in [3.05, 3.63) is 23.3 Å². The van der Waals surface area contributed by atoms with Gasteiger partial charge in [-0.2, -0.15) is 0 Å². The van der Waals surface area contributed by atoms with Gasteiger partial charge in [-0.15, -0.1) is 0 Å². The number of benzene rings is 1. The molecule has 1 aliphatic carbocycles. The molecule has 0 bridgehead atoms. The standard InChI is InChI=1S/C16H24N2O2/c1-4-7-18(10-12-5-6-12)13-8-11(2)15(17)14(9-13)16(19)20-3/h8-9,12H,4-7,10,17H2,1-3H3. The smallest absolute Gasteiger partial charge is 0.340 e. The van der Waals surface area contributed by atoms with E-state index in [1.807, 2.05) is 13.0 Å². The fourth-order valence-corrected chi connectivity index (χ4v) is 2.45. The number of hydrogen-bond acceptors (Lipinski definition) is 4. The van der Waals surface area contributed by atoms with Gasteiger partial charge in [-0.25, -0.2) is 4.79 Å². The van der Waals surface area contributed by atoms with Crippen LogP contribution in [-0.4, -0.2) is 26.2 Å². The van der Waals surface area contributed by atoms with Gasteiger partial charge in [0.05, 0.1) is 12.7 Å². The van der Waals surface area contributed by atoms with Crippen LogP contribution in [-0.2, 0) is 4.74 Å². The SMILES string of the molecule is CCCN(CC1CC1)c1cc(C)c(N)c(C(=O)OC)c1. The van der Waals surface area contributed by atoms with Crippen LogP contribution in [0, 0.1) is 12.8 Å². The summed E-state index contributed by atoms with van der Waals surface area (Å²) in [4.78, 5) is 14.2. The predicted molar refractivity (Wildman–Crippen MR) is 82.2 cm³/mol. The second-order valence-electron chi connectivity index (χ2n) is 5.60. The number of ether oxygens (including phenoxy) is 1. The number of methoxy groups -OCH3 is 1. The van der Waals surface area contributed by atoms with Crippen molar-refractivity contribution >= 4 is 17.3 Å². The molecule has 1 aliphatic rings. The molecule has 2 N–H and O–H groups in total. The molecular formula is C16H24N2O2. The average molecular weight is 276 g/mol. The second-order valence-corrected chi connectivity index (χ2v) is 5.60. The highest BCUT2D eigenvalue weighted by molar-refractivity contribution is 5.97. The summed E-state index contributed by atoms with van der Waals surface area (Å²) in [6, 6.07) is 3.94. The number of carbonyl (C=O) groups is 1. The van der Waals surface area contributed by atoms with Gasteiger partial charge in [-0.3, -0.25) is 0 Å². The minimum absolute atomic E-state index is 0.365. The number of nitrogens with two attached hydrogens (primary N) is 1. The second kappa shape index (κ2) is 6.16. The number of nitrogen functional groups attached to an aromatic ring is 1. The predicted octanol–water partition coefficient (Wildman–Crippen LogP) is 2.99. The Bertz CT molecular complexity index is 495. The lowest BCUT2D eigenvalue weighted by atomic mass is 10.1. The highest BCUT2D eigenvalue weighted by Gasteiger charge is 2.25. The van der Waals surface area contributed by atoms with E-state index in [4.69, 9.17) is 10.5 Å². The number of nitrogens with zero attached hydrogens (tertiary/aromatic N) is 1. The third kappa shape index (κ3) is 3.24. The number of esters is 1.